The quantitative estimate of drug-likeness (QED) is 0.0797. The van der Waals surface area contributed by atoms with Gasteiger partial charge in [0.2, 0.25) is 5.91 Å². The molecule has 4 aromatic rings. The average molecular weight is 680 g/mol. The molecule has 0 aliphatic carbocycles. The van der Waals surface area contributed by atoms with Crippen molar-refractivity contribution in [3.63, 3.8) is 0 Å². The second kappa shape index (κ2) is 19.5. The second-order valence-electron chi connectivity index (χ2n) is 11.1. The van der Waals surface area contributed by atoms with Crippen molar-refractivity contribution in [3.8, 4) is 16.9 Å². The Morgan fingerprint density at radius 3 is 2.18 bits per heavy atom. The smallest absolute Gasteiger partial charge is 0.490 e. The Hall–Kier alpha value is -5.36. The fourth-order valence-corrected chi connectivity index (χ4v) is 4.68. The van der Waals surface area contributed by atoms with Crippen molar-refractivity contribution in [2.24, 2.45) is 5.73 Å². The number of aromatic hydroxyl groups is 1. The largest absolute Gasteiger partial charge is 0.508 e. The molecule has 3 aromatic carbocycles. The molecular weight excluding hydrogens is 639 g/mol. The normalized spacial score (nSPS) is 11.1. The van der Waals surface area contributed by atoms with Gasteiger partial charge in [0.1, 0.15) is 11.5 Å². The predicted molar refractivity (Wildman–Crippen MR) is 180 cm³/mol. The van der Waals surface area contributed by atoms with Gasteiger partial charge in [-0.25, -0.2) is 4.79 Å². The molecule has 0 bridgehead atoms. The molecule has 0 spiro atoms. The van der Waals surface area contributed by atoms with Crippen LogP contribution in [0.5, 0.6) is 5.75 Å². The fraction of sp³-hybridized carbons (Fsp3) is 0.270. The molecule has 5 N–H and O–H groups in total. The van der Waals surface area contributed by atoms with Crippen LogP contribution in [0.3, 0.4) is 0 Å². The maximum atomic E-state index is 13.3. The first-order chi connectivity index (χ1) is 23.5. The molecule has 12 heteroatoms. The summed E-state index contributed by atoms with van der Waals surface area (Å²) in [5, 5.41) is 19.8. The van der Waals surface area contributed by atoms with E-state index in [4.69, 9.17) is 20.1 Å². The number of phenols is 1. The van der Waals surface area contributed by atoms with Crippen LogP contribution >= 0.6 is 0 Å². The number of carbonyl (C=O) groups excluding carboxylic acids is 2. The molecule has 0 unspecified atom stereocenters. The van der Waals surface area contributed by atoms with Crippen LogP contribution in [0, 0.1) is 0 Å². The number of hydrogen-bond acceptors (Lipinski definition) is 6. The third-order valence-electron chi connectivity index (χ3n) is 7.27. The highest BCUT2D eigenvalue weighted by Crippen LogP contribution is 2.23. The number of carboxylic acid groups (broad SMARTS) is 1. The molecule has 0 atom stereocenters. The lowest BCUT2D eigenvalue weighted by Crippen LogP contribution is -2.31. The van der Waals surface area contributed by atoms with Crippen LogP contribution in [0.1, 0.15) is 52.9 Å². The number of benzene rings is 3. The van der Waals surface area contributed by atoms with Crippen molar-refractivity contribution < 1.29 is 42.2 Å². The summed E-state index contributed by atoms with van der Waals surface area (Å²) in [5.41, 5.74) is 10.1. The number of unbranched alkanes of at least 4 members (excludes halogenated alkanes) is 3. The zero-order chi connectivity index (χ0) is 35.6. The number of carbonyl (C=O) groups is 3. The zero-order valence-electron chi connectivity index (χ0n) is 26.9. The van der Waals surface area contributed by atoms with E-state index in [2.05, 4.69) is 11.4 Å². The summed E-state index contributed by atoms with van der Waals surface area (Å²) in [6, 6.07) is 26.3. The van der Waals surface area contributed by atoms with Gasteiger partial charge in [-0.1, -0.05) is 55.3 Å². The van der Waals surface area contributed by atoms with E-state index in [0.29, 0.717) is 43.9 Å². The highest BCUT2D eigenvalue weighted by atomic mass is 19.4. The summed E-state index contributed by atoms with van der Waals surface area (Å²) in [4.78, 5) is 36.7. The van der Waals surface area contributed by atoms with Crippen molar-refractivity contribution >= 4 is 23.9 Å². The number of nitrogens with zero attached hydrogens (tertiary/aromatic N) is 1. The molecule has 260 valence electrons. The number of nitrogens with one attached hydrogen (secondary N) is 1. The van der Waals surface area contributed by atoms with Gasteiger partial charge in [-0.3, -0.25) is 9.59 Å². The van der Waals surface area contributed by atoms with E-state index in [0.717, 1.165) is 47.9 Å². The van der Waals surface area contributed by atoms with Gasteiger partial charge in [-0.15, -0.1) is 0 Å². The molecule has 1 aromatic heterocycles. The minimum absolute atomic E-state index is 0.0822. The Kier molecular flexibility index (Phi) is 15.1. The van der Waals surface area contributed by atoms with E-state index in [1.54, 1.807) is 41.5 Å². The first kappa shape index (κ1) is 38.1. The third kappa shape index (κ3) is 13.7. The third-order valence-corrected chi connectivity index (χ3v) is 7.27. The highest BCUT2D eigenvalue weighted by Gasteiger charge is 2.38. The SMILES string of the molecule is NCCCCCCNC(=O)c1cccc(-c2cccc(CN(CCc3ccc(O)cc3)C(=O)/C=C/c3ccco3)c2)c1.O=C(O)C(F)(F)F. The van der Waals surface area contributed by atoms with Crippen molar-refractivity contribution in [1.29, 1.82) is 0 Å². The van der Waals surface area contributed by atoms with Crippen LogP contribution in [-0.2, 0) is 22.6 Å². The van der Waals surface area contributed by atoms with Gasteiger partial charge in [-0.2, -0.15) is 13.2 Å². The van der Waals surface area contributed by atoms with Crippen LogP contribution in [0.4, 0.5) is 13.2 Å². The monoisotopic (exact) mass is 679 g/mol. The second-order valence-corrected chi connectivity index (χ2v) is 11.1. The van der Waals surface area contributed by atoms with Crippen molar-refractivity contribution in [2.75, 3.05) is 19.6 Å². The number of carboxylic acids is 1. The minimum Gasteiger partial charge on any atom is -0.508 e. The number of alkyl halides is 3. The number of amides is 2. The Balaban J connectivity index is 0.000000838. The summed E-state index contributed by atoms with van der Waals surface area (Å²) >= 11 is 0. The molecule has 0 fully saturated rings. The average Bonchev–Trinajstić information content (AvgIpc) is 3.62. The van der Waals surface area contributed by atoms with Gasteiger partial charge in [0.05, 0.1) is 6.26 Å². The van der Waals surface area contributed by atoms with Crippen molar-refractivity contribution in [3.05, 3.63) is 120 Å². The molecule has 4 rings (SSSR count). The molecule has 0 saturated carbocycles. The maximum absolute atomic E-state index is 13.3. The van der Waals surface area contributed by atoms with E-state index in [1.807, 2.05) is 54.6 Å². The van der Waals surface area contributed by atoms with Gasteiger partial charge in [0, 0.05) is 31.3 Å². The van der Waals surface area contributed by atoms with Crippen LogP contribution < -0.4 is 11.1 Å². The molecule has 1 heterocycles. The van der Waals surface area contributed by atoms with Crippen molar-refractivity contribution in [1.82, 2.24) is 10.2 Å². The summed E-state index contributed by atoms with van der Waals surface area (Å²) in [5.74, 6) is -2.14. The van der Waals surface area contributed by atoms with E-state index in [1.165, 1.54) is 6.08 Å². The molecule has 49 heavy (non-hydrogen) atoms. The Bertz CT molecular complexity index is 1650. The topological polar surface area (TPSA) is 146 Å². The number of phenolic OH excluding ortho intramolecular Hbond substituents is 1. The summed E-state index contributed by atoms with van der Waals surface area (Å²) in [7, 11) is 0. The molecule has 0 saturated heterocycles. The number of hydrogen-bond donors (Lipinski definition) is 4. The lowest BCUT2D eigenvalue weighted by Gasteiger charge is -2.22. The van der Waals surface area contributed by atoms with Gasteiger partial charge in [0.25, 0.3) is 5.91 Å². The molecular formula is C37H40F3N3O6. The Labute approximate surface area is 282 Å². The Morgan fingerprint density at radius 1 is 0.857 bits per heavy atom. The van der Waals surface area contributed by atoms with Crippen LogP contribution in [-0.4, -0.2) is 58.7 Å². The first-order valence-corrected chi connectivity index (χ1v) is 15.7. The van der Waals surface area contributed by atoms with Crippen LogP contribution in [0.15, 0.2) is 102 Å². The Morgan fingerprint density at radius 2 is 1.53 bits per heavy atom. The van der Waals surface area contributed by atoms with E-state index >= 15 is 0 Å². The number of nitrogens with two attached hydrogens (primary N) is 1. The maximum Gasteiger partial charge on any atom is 0.490 e. The molecule has 9 nitrogen and oxygen atoms in total. The lowest BCUT2D eigenvalue weighted by atomic mass is 10.0. The first-order valence-electron chi connectivity index (χ1n) is 15.7. The summed E-state index contributed by atoms with van der Waals surface area (Å²) in [6.45, 7) is 2.26. The van der Waals surface area contributed by atoms with E-state index < -0.39 is 12.1 Å². The van der Waals surface area contributed by atoms with Gasteiger partial charge < -0.3 is 30.6 Å². The van der Waals surface area contributed by atoms with E-state index in [9.17, 15) is 27.9 Å². The molecule has 0 radical (unpaired) electrons. The lowest BCUT2D eigenvalue weighted by molar-refractivity contribution is -0.192. The number of aliphatic carboxylic acids is 1. The summed E-state index contributed by atoms with van der Waals surface area (Å²) < 4.78 is 37.1. The number of rotatable bonds is 15. The standard InChI is InChI=1S/C35H39N3O4.C2HF3O2/c36-20-3-1-2-4-21-37-35(41)31-11-6-10-30(25-31)29-9-5-8-28(24-29)26-38(22-19-27-13-15-32(39)16-14-27)34(40)18-17-33-12-7-23-42-33;3-2(4,5)1(6)7/h5-18,23-25,39H,1-4,19-22,26,36H2,(H,37,41);(H,6,7)/b18-17+;. The number of furan rings is 1. The van der Waals surface area contributed by atoms with Crippen LogP contribution in [0.2, 0.25) is 0 Å². The van der Waals surface area contributed by atoms with Gasteiger partial charge in [0.15, 0.2) is 0 Å². The van der Waals surface area contributed by atoms with Crippen LogP contribution in [0.25, 0.3) is 17.2 Å². The minimum atomic E-state index is -5.08. The predicted octanol–water partition coefficient (Wildman–Crippen LogP) is 6.82. The van der Waals surface area contributed by atoms with Crippen molar-refractivity contribution in [2.45, 2.75) is 44.8 Å². The summed E-state index contributed by atoms with van der Waals surface area (Å²) in [6.07, 6.45) is 4.41. The fourth-order valence-electron chi connectivity index (χ4n) is 4.68. The number of halogens is 3. The molecule has 2 amide bonds. The van der Waals surface area contributed by atoms with Gasteiger partial charge in [-0.05, 0) is 96.6 Å². The molecule has 0 aliphatic rings. The zero-order valence-corrected chi connectivity index (χ0v) is 26.9. The van der Waals surface area contributed by atoms with E-state index in [-0.39, 0.29) is 17.6 Å². The molecule has 0 aliphatic heterocycles. The van der Waals surface area contributed by atoms with Gasteiger partial charge >= 0.3 is 12.1 Å². The highest BCUT2D eigenvalue weighted by molar-refractivity contribution is 5.95.